The smallest absolute Gasteiger partial charge is 0.394 e. The molecule has 21 heavy (non-hydrogen) atoms. The molecular formula is C13H15F3N2O3. The van der Waals surface area contributed by atoms with Crippen LogP contribution in [0, 0.1) is 16.0 Å². The maximum atomic E-state index is 12.7. The molecule has 0 radical (unpaired) electrons. The standard InChI is InChI=1S/C13H15F3N2O3/c1-8-4-5-17(12(8)7-19)10-3-2-9(13(14,15)16)6-11(10)18(20)21/h2-3,6,8,12,19H,4-5,7H2,1H3. The number of rotatable bonds is 3. The zero-order valence-electron chi connectivity index (χ0n) is 11.3. The highest BCUT2D eigenvalue weighted by Crippen LogP contribution is 2.39. The maximum Gasteiger partial charge on any atom is 0.416 e. The number of benzene rings is 1. The second-order valence-corrected chi connectivity index (χ2v) is 5.17. The monoisotopic (exact) mass is 304 g/mol. The molecule has 1 aliphatic rings. The SMILES string of the molecule is CC1CCN(c2ccc(C(F)(F)F)cc2[N+](=O)[O-])C1CO. The molecule has 0 bridgehead atoms. The van der Waals surface area contributed by atoms with Crippen molar-refractivity contribution in [1.29, 1.82) is 0 Å². The van der Waals surface area contributed by atoms with E-state index in [2.05, 4.69) is 0 Å². The number of nitrogens with zero attached hydrogens (tertiary/aromatic N) is 2. The van der Waals surface area contributed by atoms with Crippen molar-refractivity contribution in [2.45, 2.75) is 25.6 Å². The summed E-state index contributed by atoms with van der Waals surface area (Å²) in [7, 11) is 0. The van der Waals surface area contributed by atoms with Gasteiger partial charge in [-0.3, -0.25) is 10.1 Å². The van der Waals surface area contributed by atoms with Crippen LogP contribution in [0.5, 0.6) is 0 Å². The van der Waals surface area contributed by atoms with E-state index in [1.165, 1.54) is 0 Å². The van der Waals surface area contributed by atoms with E-state index in [0.29, 0.717) is 12.6 Å². The van der Waals surface area contributed by atoms with Crippen molar-refractivity contribution < 1.29 is 23.2 Å². The fourth-order valence-electron chi connectivity index (χ4n) is 2.67. The Balaban J connectivity index is 2.47. The molecule has 1 N–H and O–H groups in total. The molecule has 1 aliphatic heterocycles. The number of halogens is 3. The van der Waals surface area contributed by atoms with Gasteiger partial charge in [-0.2, -0.15) is 13.2 Å². The molecule has 0 aliphatic carbocycles. The highest BCUT2D eigenvalue weighted by Gasteiger charge is 2.37. The van der Waals surface area contributed by atoms with Crippen molar-refractivity contribution in [2.75, 3.05) is 18.1 Å². The molecular weight excluding hydrogens is 289 g/mol. The third kappa shape index (κ3) is 2.94. The van der Waals surface area contributed by atoms with Crippen LogP contribution in [0.15, 0.2) is 18.2 Å². The summed E-state index contributed by atoms with van der Waals surface area (Å²) in [6.07, 6.45) is -3.90. The van der Waals surface area contributed by atoms with Crippen LogP contribution in [0.25, 0.3) is 0 Å². The summed E-state index contributed by atoms with van der Waals surface area (Å²) in [4.78, 5) is 11.9. The minimum absolute atomic E-state index is 0.122. The van der Waals surface area contributed by atoms with E-state index in [4.69, 9.17) is 0 Å². The van der Waals surface area contributed by atoms with Crippen molar-refractivity contribution >= 4 is 11.4 Å². The molecule has 0 aromatic heterocycles. The number of nitro benzene ring substituents is 1. The number of hydrogen-bond acceptors (Lipinski definition) is 4. The van der Waals surface area contributed by atoms with Crippen LogP contribution in [-0.4, -0.2) is 29.2 Å². The zero-order valence-corrected chi connectivity index (χ0v) is 11.3. The average molecular weight is 304 g/mol. The van der Waals surface area contributed by atoms with Crippen molar-refractivity contribution in [1.82, 2.24) is 0 Å². The molecule has 0 spiro atoms. The van der Waals surface area contributed by atoms with Gasteiger partial charge in [0.1, 0.15) is 5.69 Å². The summed E-state index contributed by atoms with van der Waals surface area (Å²) >= 11 is 0. The number of anilines is 1. The lowest BCUT2D eigenvalue weighted by molar-refractivity contribution is -0.384. The van der Waals surface area contributed by atoms with E-state index in [9.17, 15) is 28.4 Å². The van der Waals surface area contributed by atoms with Crippen molar-refractivity contribution in [3.8, 4) is 0 Å². The van der Waals surface area contributed by atoms with Gasteiger partial charge < -0.3 is 10.0 Å². The molecule has 5 nitrogen and oxygen atoms in total. The van der Waals surface area contributed by atoms with E-state index in [1.54, 1.807) is 4.90 Å². The largest absolute Gasteiger partial charge is 0.416 e. The van der Waals surface area contributed by atoms with Gasteiger partial charge in [-0.25, -0.2) is 0 Å². The minimum atomic E-state index is -4.63. The van der Waals surface area contributed by atoms with Gasteiger partial charge in [-0.15, -0.1) is 0 Å². The highest BCUT2D eigenvalue weighted by molar-refractivity contribution is 5.65. The first-order valence-corrected chi connectivity index (χ1v) is 6.49. The van der Waals surface area contributed by atoms with Crippen molar-refractivity contribution in [2.24, 2.45) is 5.92 Å². The molecule has 1 heterocycles. The first-order valence-electron chi connectivity index (χ1n) is 6.49. The summed E-state index contributed by atoms with van der Waals surface area (Å²) in [5, 5.41) is 20.5. The lowest BCUT2D eigenvalue weighted by Gasteiger charge is -2.27. The number of nitro groups is 1. The van der Waals surface area contributed by atoms with Gasteiger partial charge in [-0.1, -0.05) is 6.92 Å². The lowest BCUT2D eigenvalue weighted by Crippen LogP contribution is -2.35. The fraction of sp³-hybridized carbons (Fsp3) is 0.538. The van der Waals surface area contributed by atoms with E-state index >= 15 is 0 Å². The Labute approximate surface area is 119 Å². The van der Waals surface area contributed by atoms with Gasteiger partial charge in [0.2, 0.25) is 0 Å². The molecule has 1 fully saturated rings. The van der Waals surface area contributed by atoms with E-state index in [-0.39, 0.29) is 24.3 Å². The second kappa shape index (κ2) is 5.51. The van der Waals surface area contributed by atoms with Crippen molar-refractivity contribution in [3.63, 3.8) is 0 Å². The summed E-state index contributed by atoms with van der Waals surface area (Å²) < 4.78 is 38.0. The zero-order chi connectivity index (χ0) is 15.8. The topological polar surface area (TPSA) is 66.6 Å². The van der Waals surface area contributed by atoms with Gasteiger partial charge in [0, 0.05) is 12.6 Å². The van der Waals surface area contributed by atoms with Gasteiger partial charge in [-0.05, 0) is 24.5 Å². The van der Waals surface area contributed by atoms with Gasteiger partial charge in [0.15, 0.2) is 0 Å². The molecule has 2 unspecified atom stereocenters. The van der Waals surface area contributed by atoms with Crippen LogP contribution >= 0.6 is 0 Å². The van der Waals surface area contributed by atoms with Gasteiger partial charge in [0.25, 0.3) is 5.69 Å². The fourth-order valence-corrected chi connectivity index (χ4v) is 2.67. The molecule has 8 heteroatoms. The summed E-state index contributed by atoms with van der Waals surface area (Å²) in [5.41, 5.74) is -1.51. The summed E-state index contributed by atoms with van der Waals surface area (Å²) in [6.45, 7) is 2.18. The van der Waals surface area contributed by atoms with Crippen LogP contribution in [-0.2, 0) is 6.18 Å². The number of hydrogen-bond donors (Lipinski definition) is 1. The van der Waals surface area contributed by atoms with Crippen LogP contribution in [0.3, 0.4) is 0 Å². The molecule has 1 saturated heterocycles. The van der Waals surface area contributed by atoms with Crippen LogP contribution < -0.4 is 4.90 Å². The predicted molar refractivity (Wildman–Crippen MR) is 70.1 cm³/mol. The average Bonchev–Trinajstić information content (AvgIpc) is 2.77. The Kier molecular flexibility index (Phi) is 4.08. The summed E-state index contributed by atoms with van der Waals surface area (Å²) in [5.74, 6) is 0.122. The quantitative estimate of drug-likeness (QED) is 0.689. The molecule has 116 valence electrons. The Hall–Kier alpha value is -1.83. The summed E-state index contributed by atoms with van der Waals surface area (Å²) in [6, 6.07) is 2.18. The maximum absolute atomic E-state index is 12.7. The normalized spacial score (nSPS) is 22.6. The molecule has 1 aromatic carbocycles. The Morgan fingerprint density at radius 2 is 2.14 bits per heavy atom. The second-order valence-electron chi connectivity index (χ2n) is 5.17. The first-order chi connectivity index (χ1) is 9.75. The number of alkyl halides is 3. The van der Waals surface area contributed by atoms with E-state index in [1.807, 2.05) is 6.92 Å². The first kappa shape index (κ1) is 15.6. The Bertz CT molecular complexity index is 548. The Morgan fingerprint density at radius 3 is 2.67 bits per heavy atom. The van der Waals surface area contributed by atoms with Crippen LogP contribution in [0.1, 0.15) is 18.9 Å². The van der Waals surface area contributed by atoms with E-state index < -0.39 is 22.4 Å². The molecule has 0 amide bonds. The Morgan fingerprint density at radius 1 is 1.48 bits per heavy atom. The van der Waals surface area contributed by atoms with Crippen LogP contribution in [0.2, 0.25) is 0 Å². The van der Waals surface area contributed by atoms with E-state index in [0.717, 1.165) is 18.6 Å². The van der Waals surface area contributed by atoms with Crippen molar-refractivity contribution in [3.05, 3.63) is 33.9 Å². The highest BCUT2D eigenvalue weighted by atomic mass is 19.4. The van der Waals surface area contributed by atoms with Gasteiger partial charge in [0.05, 0.1) is 23.1 Å². The predicted octanol–water partition coefficient (Wildman–Crippen LogP) is 2.82. The third-order valence-corrected chi connectivity index (χ3v) is 3.88. The lowest BCUT2D eigenvalue weighted by atomic mass is 10.0. The van der Waals surface area contributed by atoms with Gasteiger partial charge >= 0.3 is 6.18 Å². The van der Waals surface area contributed by atoms with Crippen LogP contribution in [0.4, 0.5) is 24.5 Å². The molecule has 2 atom stereocenters. The molecule has 0 saturated carbocycles. The molecule has 1 aromatic rings. The third-order valence-electron chi connectivity index (χ3n) is 3.88. The minimum Gasteiger partial charge on any atom is -0.394 e. The number of aliphatic hydroxyl groups excluding tert-OH is 1. The molecule has 2 rings (SSSR count). The number of aliphatic hydroxyl groups is 1.